The van der Waals surface area contributed by atoms with Crippen LogP contribution in [0.5, 0.6) is 5.75 Å². The third kappa shape index (κ3) is 5.42. The molecule has 5 heterocycles. The molecule has 0 aliphatic carbocycles. The number of ether oxygens (including phenoxy) is 2. The molecule has 0 spiro atoms. The first kappa shape index (κ1) is 26.7. The Morgan fingerprint density at radius 1 is 0.975 bits per heavy atom. The van der Waals surface area contributed by atoms with Crippen LogP contribution in [-0.2, 0) is 4.74 Å². The van der Waals surface area contributed by atoms with Crippen LogP contribution in [0.3, 0.4) is 0 Å². The number of nitrogens with two attached hydrogens (primary N) is 1. The first-order valence-corrected chi connectivity index (χ1v) is 13.6. The highest BCUT2D eigenvalue weighted by atomic mass is 19.2. The first-order chi connectivity index (χ1) is 19.4. The lowest BCUT2D eigenvalue weighted by atomic mass is 9.92. The van der Waals surface area contributed by atoms with Crippen molar-refractivity contribution in [3.05, 3.63) is 47.5 Å². The van der Waals surface area contributed by atoms with Crippen LogP contribution >= 0.6 is 0 Å². The van der Waals surface area contributed by atoms with E-state index in [1.54, 1.807) is 17.2 Å². The molecule has 3 aliphatic heterocycles. The van der Waals surface area contributed by atoms with Gasteiger partial charge in [0.05, 0.1) is 31.1 Å². The van der Waals surface area contributed by atoms with E-state index in [2.05, 4.69) is 30.3 Å². The van der Waals surface area contributed by atoms with E-state index in [0.717, 1.165) is 45.0 Å². The second-order valence-electron chi connectivity index (χ2n) is 10.8. The van der Waals surface area contributed by atoms with E-state index < -0.39 is 29.4 Å². The Balaban J connectivity index is 1.01. The maximum Gasteiger partial charge on any atom is 0.266 e. The Bertz CT molecular complexity index is 1310. The molecule has 1 aromatic carbocycles. The van der Waals surface area contributed by atoms with Crippen molar-refractivity contribution in [3.8, 4) is 5.75 Å². The quantitative estimate of drug-likeness (QED) is 0.432. The molecule has 6 rings (SSSR count). The lowest BCUT2D eigenvalue weighted by molar-refractivity contribution is 0.132. The summed E-state index contributed by atoms with van der Waals surface area (Å²) in [6, 6.07) is 1.12. The van der Waals surface area contributed by atoms with E-state index in [1.165, 1.54) is 0 Å². The monoisotopic (exact) mass is 559 g/mol. The van der Waals surface area contributed by atoms with Gasteiger partial charge in [0.15, 0.2) is 17.4 Å². The van der Waals surface area contributed by atoms with Gasteiger partial charge in [-0.1, -0.05) is 5.10 Å². The lowest BCUT2D eigenvalue weighted by Gasteiger charge is -2.34. The predicted octanol–water partition coefficient (Wildman–Crippen LogP) is 2.46. The number of aromatic nitrogens is 6. The van der Waals surface area contributed by atoms with Crippen LogP contribution in [0.15, 0.2) is 24.5 Å². The van der Waals surface area contributed by atoms with Crippen molar-refractivity contribution in [1.29, 1.82) is 0 Å². The minimum atomic E-state index is -1.22. The molecule has 2 aromatic heterocycles. The number of rotatable bonds is 7. The summed E-state index contributed by atoms with van der Waals surface area (Å²) in [6.45, 7) is 5.67. The number of anilines is 2. The van der Waals surface area contributed by atoms with E-state index >= 15 is 0 Å². The van der Waals surface area contributed by atoms with Gasteiger partial charge >= 0.3 is 0 Å². The molecule has 0 radical (unpaired) electrons. The van der Waals surface area contributed by atoms with Gasteiger partial charge < -0.3 is 25.0 Å². The molecule has 214 valence electrons. The molecule has 11 nitrogen and oxygen atoms in total. The lowest BCUT2D eigenvalue weighted by Crippen LogP contribution is -2.39. The number of benzene rings is 1. The molecule has 14 heteroatoms. The maximum absolute atomic E-state index is 14.3. The molecule has 0 saturated carbocycles. The largest absolute Gasteiger partial charge is 0.487 e. The van der Waals surface area contributed by atoms with Crippen molar-refractivity contribution in [2.45, 2.75) is 50.3 Å². The fourth-order valence-electron chi connectivity index (χ4n) is 5.76. The second-order valence-corrected chi connectivity index (χ2v) is 10.8. The van der Waals surface area contributed by atoms with Crippen molar-refractivity contribution < 1.29 is 22.6 Å². The average Bonchev–Trinajstić information content (AvgIpc) is 3.73. The summed E-state index contributed by atoms with van der Waals surface area (Å²) < 4.78 is 53.0. The van der Waals surface area contributed by atoms with Crippen molar-refractivity contribution in [2.24, 2.45) is 11.7 Å². The summed E-state index contributed by atoms with van der Waals surface area (Å²) in [4.78, 5) is 14.5. The Morgan fingerprint density at radius 2 is 1.73 bits per heavy atom. The Kier molecular flexibility index (Phi) is 7.45. The van der Waals surface area contributed by atoms with E-state index in [0.29, 0.717) is 42.8 Å². The molecule has 0 unspecified atom stereocenters. The summed E-state index contributed by atoms with van der Waals surface area (Å²) in [6.07, 6.45) is 5.93. The van der Waals surface area contributed by atoms with E-state index in [-0.39, 0.29) is 24.3 Å². The van der Waals surface area contributed by atoms with Crippen LogP contribution < -0.4 is 20.3 Å². The van der Waals surface area contributed by atoms with Gasteiger partial charge in [0.1, 0.15) is 5.82 Å². The normalized spacial score (nSPS) is 24.6. The van der Waals surface area contributed by atoms with Crippen LogP contribution in [0.25, 0.3) is 0 Å². The second kappa shape index (κ2) is 11.2. The fourth-order valence-corrected chi connectivity index (χ4v) is 5.76. The highest BCUT2D eigenvalue weighted by Crippen LogP contribution is 2.32. The van der Waals surface area contributed by atoms with Crippen molar-refractivity contribution in [3.63, 3.8) is 0 Å². The maximum atomic E-state index is 14.3. The van der Waals surface area contributed by atoms with Gasteiger partial charge in [0.2, 0.25) is 5.95 Å². The number of hydrogen-bond donors (Lipinski definition) is 1. The molecule has 3 aromatic rings. The number of halogens is 3. The van der Waals surface area contributed by atoms with Crippen LogP contribution in [0, 0.1) is 23.4 Å². The topological polar surface area (TPSA) is 120 Å². The van der Waals surface area contributed by atoms with Crippen molar-refractivity contribution in [2.75, 3.05) is 49.2 Å². The molecule has 0 amide bonds. The Hall–Kier alpha value is -3.52. The summed E-state index contributed by atoms with van der Waals surface area (Å²) in [5, 5.41) is 13.0. The van der Waals surface area contributed by atoms with Gasteiger partial charge in [-0.2, -0.15) is 4.80 Å². The Morgan fingerprint density at radius 3 is 2.45 bits per heavy atom. The molecule has 2 N–H and O–H groups in total. The highest BCUT2D eigenvalue weighted by Gasteiger charge is 2.35. The molecule has 0 bridgehead atoms. The smallest absolute Gasteiger partial charge is 0.266 e. The molecular formula is C26H32F3N9O2. The van der Waals surface area contributed by atoms with Gasteiger partial charge in [-0.3, -0.25) is 0 Å². The third-order valence-electron chi connectivity index (χ3n) is 8.16. The van der Waals surface area contributed by atoms with Crippen LogP contribution in [0.2, 0.25) is 0 Å². The molecular weight excluding hydrogens is 527 g/mol. The average molecular weight is 560 g/mol. The van der Waals surface area contributed by atoms with E-state index in [9.17, 15) is 13.2 Å². The molecule has 4 atom stereocenters. The van der Waals surface area contributed by atoms with Gasteiger partial charge in [-0.15, -0.1) is 5.10 Å². The fraction of sp³-hybridized carbons (Fsp3) is 0.577. The number of piperidine rings is 1. The van der Waals surface area contributed by atoms with Crippen LogP contribution in [0.4, 0.5) is 25.1 Å². The van der Waals surface area contributed by atoms with Gasteiger partial charge in [0.25, 0.3) is 5.95 Å². The molecule has 3 fully saturated rings. The minimum Gasteiger partial charge on any atom is -0.487 e. The van der Waals surface area contributed by atoms with Crippen LogP contribution in [-0.4, -0.2) is 81.7 Å². The molecule has 40 heavy (non-hydrogen) atoms. The zero-order valence-electron chi connectivity index (χ0n) is 22.2. The van der Waals surface area contributed by atoms with E-state index in [1.807, 2.05) is 11.8 Å². The number of tetrazole rings is 1. The summed E-state index contributed by atoms with van der Waals surface area (Å²) in [5.41, 5.74) is 6.28. The predicted molar refractivity (Wildman–Crippen MR) is 139 cm³/mol. The number of nitrogens with zero attached hydrogens (tertiary/aromatic N) is 8. The molecule has 3 aliphatic rings. The first-order valence-electron chi connectivity index (χ1n) is 13.6. The SMILES string of the molecule is C[C@H](Oc1cnc(N2C[C@H](c3cc(F)c(F)cc3F)[C@@H](N)C2)nc1)C1CCN(c2nnn([C@@H]3CCOC3)n2)CC1. The molecule has 3 saturated heterocycles. The van der Waals surface area contributed by atoms with Gasteiger partial charge in [-0.25, -0.2) is 23.1 Å². The van der Waals surface area contributed by atoms with Gasteiger partial charge in [0, 0.05) is 50.8 Å². The zero-order chi connectivity index (χ0) is 27.8. The van der Waals surface area contributed by atoms with Gasteiger partial charge in [-0.05, 0) is 48.9 Å². The van der Waals surface area contributed by atoms with Crippen LogP contribution in [0.1, 0.15) is 43.7 Å². The highest BCUT2D eigenvalue weighted by molar-refractivity contribution is 5.39. The third-order valence-corrected chi connectivity index (χ3v) is 8.16. The summed E-state index contributed by atoms with van der Waals surface area (Å²) in [7, 11) is 0. The zero-order valence-corrected chi connectivity index (χ0v) is 22.2. The summed E-state index contributed by atoms with van der Waals surface area (Å²) in [5.74, 6) is -1.69. The number of hydrogen-bond acceptors (Lipinski definition) is 10. The Labute approximate surface area is 229 Å². The van der Waals surface area contributed by atoms with Crippen molar-refractivity contribution in [1.82, 2.24) is 30.2 Å². The van der Waals surface area contributed by atoms with Crippen molar-refractivity contribution >= 4 is 11.9 Å². The standard InChI is InChI=1S/C26H32F3N9O2/c1-15(16-2-5-36(6-3-16)26-33-35-38(34-26)17-4-7-39-14-17)40-18-10-31-25(32-11-18)37-12-20(24(30)13-37)19-8-22(28)23(29)9-21(19)27/h8-11,15-17,20,24H,2-7,12-14,30H2,1H3/t15-,17+,20+,24-/m0/s1. The minimum absolute atomic E-state index is 0.0446. The summed E-state index contributed by atoms with van der Waals surface area (Å²) >= 11 is 0. The van der Waals surface area contributed by atoms with E-state index in [4.69, 9.17) is 15.2 Å².